The van der Waals surface area contributed by atoms with Crippen LogP contribution in [0.25, 0.3) is 0 Å². The summed E-state index contributed by atoms with van der Waals surface area (Å²) in [6, 6.07) is 10.0. The summed E-state index contributed by atoms with van der Waals surface area (Å²) in [4.78, 5) is 18.2. The van der Waals surface area contributed by atoms with E-state index in [1.165, 1.54) is 18.6 Å². The lowest BCUT2D eigenvalue weighted by Crippen LogP contribution is -2.41. The summed E-state index contributed by atoms with van der Waals surface area (Å²) in [5, 5.41) is 7.26. The van der Waals surface area contributed by atoms with Crippen LogP contribution in [0.4, 0.5) is 0 Å². The van der Waals surface area contributed by atoms with Gasteiger partial charge in [0, 0.05) is 45.4 Å². The average molecular weight is 349 g/mol. The average Bonchev–Trinajstić information content (AvgIpc) is 3.12. The van der Waals surface area contributed by atoms with Crippen LogP contribution in [0.15, 0.2) is 35.3 Å². The van der Waals surface area contributed by atoms with E-state index >= 15 is 0 Å². The summed E-state index contributed by atoms with van der Waals surface area (Å²) in [6.07, 6.45) is 3.05. The fraction of sp³-hybridized carbons (Fsp3) is 0.556. The Morgan fingerprint density at radius 3 is 2.79 bits per heavy atom. The van der Waals surface area contributed by atoms with Gasteiger partial charge in [-0.05, 0) is 24.2 Å². The summed E-state index contributed by atoms with van der Waals surface area (Å²) in [5.74, 6) is 2.18. The number of guanidine groups is 1. The number of hydrogen-bond donors (Lipinski definition) is 2. The van der Waals surface area contributed by atoms with E-state index in [2.05, 4.69) is 15.6 Å². The minimum Gasteiger partial charge on any atom is -0.356 e. The molecule has 24 heavy (non-hydrogen) atoms. The molecule has 1 aliphatic rings. The highest BCUT2D eigenvalue weighted by molar-refractivity contribution is 8.00. The van der Waals surface area contributed by atoms with E-state index in [-0.39, 0.29) is 5.91 Å². The van der Waals surface area contributed by atoms with Gasteiger partial charge in [0.15, 0.2) is 5.96 Å². The molecule has 1 saturated heterocycles. The van der Waals surface area contributed by atoms with Crippen molar-refractivity contribution in [2.45, 2.75) is 31.1 Å². The van der Waals surface area contributed by atoms with Gasteiger partial charge >= 0.3 is 0 Å². The van der Waals surface area contributed by atoms with Gasteiger partial charge in [-0.1, -0.05) is 30.3 Å². The highest BCUT2D eigenvalue weighted by Crippen LogP contribution is 2.25. The number of thioether (sulfide) groups is 1. The van der Waals surface area contributed by atoms with Crippen molar-refractivity contribution in [2.24, 2.45) is 4.99 Å². The predicted molar refractivity (Wildman–Crippen MR) is 102 cm³/mol. The van der Waals surface area contributed by atoms with Crippen molar-refractivity contribution < 1.29 is 4.79 Å². The number of rotatable bonds is 7. The van der Waals surface area contributed by atoms with Gasteiger partial charge in [-0.3, -0.25) is 9.79 Å². The second kappa shape index (κ2) is 10.2. The molecule has 0 aromatic heterocycles. The number of nitrogens with one attached hydrogen (secondary N) is 2. The molecule has 5 nitrogen and oxygen atoms in total. The molecule has 1 heterocycles. The Morgan fingerprint density at radius 1 is 1.33 bits per heavy atom. The zero-order chi connectivity index (χ0) is 17.2. The van der Waals surface area contributed by atoms with Crippen LogP contribution >= 0.6 is 11.8 Å². The minimum atomic E-state index is 0.133. The van der Waals surface area contributed by atoms with E-state index < -0.39 is 0 Å². The van der Waals surface area contributed by atoms with Crippen LogP contribution in [-0.2, 0) is 11.3 Å². The summed E-state index contributed by atoms with van der Waals surface area (Å²) in [7, 11) is 3.61. The van der Waals surface area contributed by atoms with Crippen molar-refractivity contribution in [1.29, 1.82) is 0 Å². The standard InChI is InChI=1S/C18H28N4OS/c1-19-18(21-13-16-9-6-12-24-16)20-11-10-17(23)22(2)14-15-7-4-3-5-8-15/h3-5,7-8,16H,6,9-14H2,1-2H3,(H2,19,20,21). The molecular weight excluding hydrogens is 320 g/mol. The van der Waals surface area contributed by atoms with Crippen molar-refractivity contribution in [1.82, 2.24) is 15.5 Å². The van der Waals surface area contributed by atoms with Crippen molar-refractivity contribution in [3.05, 3.63) is 35.9 Å². The third kappa shape index (κ3) is 6.43. The minimum absolute atomic E-state index is 0.133. The van der Waals surface area contributed by atoms with Crippen LogP contribution in [-0.4, -0.2) is 55.0 Å². The lowest BCUT2D eigenvalue weighted by molar-refractivity contribution is -0.130. The summed E-state index contributed by atoms with van der Waals surface area (Å²) in [5.41, 5.74) is 1.15. The lowest BCUT2D eigenvalue weighted by Gasteiger charge is -2.18. The molecule has 1 aromatic carbocycles. The molecule has 0 aliphatic carbocycles. The zero-order valence-corrected chi connectivity index (χ0v) is 15.4. The molecule has 2 N–H and O–H groups in total. The van der Waals surface area contributed by atoms with Crippen LogP contribution < -0.4 is 10.6 Å². The van der Waals surface area contributed by atoms with Crippen LogP contribution in [0.5, 0.6) is 0 Å². The fourth-order valence-corrected chi connectivity index (χ4v) is 3.86. The number of carbonyl (C=O) groups excluding carboxylic acids is 1. The largest absolute Gasteiger partial charge is 0.356 e. The van der Waals surface area contributed by atoms with Gasteiger partial charge < -0.3 is 15.5 Å². The monoisotopic (exact) mass is 348 g/mol. The van der Waals surface area contributed by atoms with E-state index in [1.54, 1.807) is 11.9 Å². The van der Waals surface area contributed by atoms with Gasteiger partial charge in [0.1, 0.15) is 0 Å². The molecule has 1 unspecified atom stereocenters. The molecule has 1 atom stereocenters. The number of carbonyl (C=O) groups is 1. The van der Waals surface area contributed by atoms with Crippen LogP contribution in [0.1, 0.15) is 24.8 Å². The fourth-order valence-electron chi connectivity index (χ4n) is 2.66. The van der Waals surface area contributed by atoms with Crippen molar-refractivity contribution in [2.75, 3.05) is 32.9 Å². The summed E-state index contributed by atoms with van der Waals surface area (Å²) in [6.45, 7) is 2.17. The molecule has 1 aliphatic heterocycles. The first-order chi connectivity index (χ1) is 11.7. The number of hydrogen-bond acceptors (Lipinski definition) is 3. The van der Waals surface area contributed by atoms with Gasteiger partial charge in [0.05, 0.1) is 0 Å². The van der Waals surface area contributed by atoms with Gasteiger partial charge in [0.2, 0.25) is 5.91 Å². The number of benzene rings is 1. The molecule has 0 bridgehead atoms. The van der Waals surface area contributed by atoms with Crippen LogP contribution in [0.2, 0.25) is 0 Å². The Balaban J connectivity index is 1.64. The Bertz CT molecular complexity index is 529. The molecule has 0 radical (unpaired) electrons. The van der Waals surface area contributed by atoms with Gasteiger partial charge in [0.25, 0.3) is 0 Å². The SMILES string of the molecule is CN=C(NCCC(=O)N(C)Cc1ccccc1)NCC1CCCS1. The normalized spacial score (nSPS) is 17.6. The highest BCUT2D eigenvalue weighted by atomic mass is 32.2. The first-order valence-electron chi connectivity index (χ1n) is 8.53. The molecule has 132 valence electrons. The lowest BCUT2D eigenvalue weighted by atomic mass is 10.2. The van der Waals surface area contributed by atoms with Crippen molar-refractivity contribution >= 4 is 23.6 Å². The third-order valence-electron chi connectivity index (χ3n) is 4.06. The van der Waals surface area contributed by atoms with E-state index in [0.717, 1.165) is 18.1 Å². The molecule has 6 heteroatoms. The van der Waals surface area contributed by atoms with E-state index in [9.17, 15) is 4.79 Å². The van der Waals surface area contributed by atoms with Crippen LogP contribution in [0, 0.1) is 0 Å². The number of aliphatic imine (C=N–C) groups is 1. The zero-order valence-electron chi connectivity index (χ0n) is 14.6. The second-order valence-corrected chi connectivity index (χ2v) is 7.41. The molecule has 1 amide bonds. The number of nitrogens with zero attached hydrogens (tertiary/aromatic N) is 2. The Labute approximate surface area is 149 Å². The highest BCUT2D eigenvalue weighted by Gasteiger charge is 2.15. The quantitative estimate of drug-likeness (QED) is 0.585. The van der Waals surface area contributed by atoms with Crippen molar-refractivity contribution in [3.63, 3.8) is 0 Å². The third-order valence-corrected chi connectivity index (χ3v) is 5.46. The molecule has 0 saturated carbocycles. The summed E-state index contributed by atoms with van der Waals surface area (Å²) < 4.78 is 0. The molecule has 1 fully saturated rings. The van der Waals surface area contributed by atoms with Crippen molar-refractivity contribution in [3.8, 4) is 0 Å². The van der Waals surface area contributed by atoms with Gasteiger partial charge in [-0.25, -0.2) is 0 Å². The maximum atomic E-state index is 12.2. The predicted octanol–water partition coefficient (Wildman–Crippen LogP) is 2.10. The van der Waals surface area contributed by atoms with E-state index in [1.807, 2.05) is 49.1 Å². The topological polar surface area (TPSA) is 56.7 Å². The molecule has 2 rings (SSSR count). The Morgan fingerprint density at radius 2 is 2.12 bits per heavy atom. The maximum Gasteiger partial charge on any atom is 0.224 e. The smallest absolute Gasteiger partial charge is 0.224 e. The first-order valence-corrected chi connectivity index (χ1v) is 9.58. The van der Waals surface area contributed by atoms with E-state index in [0.29, 0.717) is 24.8 Å². The molecule has 1 aromatic rings. The van der Waals surface area contributed by atoms with Gasteiger partial charge in [-0.2, -0.15) is 11.8 Å². The van der Waals surface area contributed by atoms with Crippen LogP contribution in [0.3, 0.4) is 0 Å². The second-order valence-electron chi connectivity index (χ2n) is 6.00. The maximum absolute atomic E-state index is 12.2. The Hall–Kier alpha value is -1.69. The first kappa shape index (κ1) is 18.6. The number of amides is 1. The molecular formula is C18H28N4OS. The summed E-state index contributed by atoms with van der Waals surface area (Å²) >= 11 is 2.02. The Kier molecular flexibility index (Phi) is 7.95. The molecule has 0 spiro atoms. The van der Waals surface area contributed by atoms with Gasteiger partial charge in [-0.15, -0.1) is 0 Å². The van der Waals surface area contributed by atoms with E-state index in [4.69, 9.17) is 0 Å².